The zero-order valence-electron chi connectivity index (χ0n) is 13.3. The lowest BCUT2D eigenvalue weighted by Gasteiger charge is -2.05. The standard InChI is InChI=1S/C18H14ClN5O/c1-11-14(6-7-16-20-8-9-21-16)17-15(10-22-11)18(25)24(23-17)13-4-2-12(19)3-5-13/h2-10,22H,1H3,(H,20,21). The first-order chi connectivity index (χ1) is 12.1. The van der Waals surface area contributed by atoms with Crippen molar-refractivity contribution in [2.24, 2.45) is 0 Å². The van der Waals surface area contributed by atoms with E-state index in [9.17, 15) is 4.79 Å². The summed E-state index contributed by atoms with van der Waals surface area (Å²) in [5.74, 6) is 0.732. The maximum atomic E-state index is 12.7. The normalized spacial score (nSPS) is 11.6. The first kappa shape index (κ1) is 15.4. The number of pyridine rings is 1. The Hall–Kier alpha value is -3.12. The maximum Gasteiger partial charge on any atom is 0.282 e. The van der Waals surface area contributed by atoms with Gasteiger partial charge in [0.15, 0.2) is 0 Å². The van der Waals surface area contributed by atoms with E-state index in [1.54, 1.807) is 42.9 Å². The van der Waals surface area contributed by atoms with Gasteiger partial charge in [0.05, 0.1) is 11.3 Å². The van der Waals surface area contributed by atoms with Gasteiger partial charge in [-0.1, -0.05) is 11.6 Å². The van der Waals surface area contributed by atoms with Gasteiger partial charge in [0.25, 0.3) is 5.56 Å². The summed E-state index contributed by atoms with van der Waals surface area (Å²) in [5, 5.41) is 5.14. The van der Waals surface area contributed by atoms with Gasteiger partial charge in [0.1, 0.15) is 11.5 Å². The summed E-state index contributed by atoms with van der Waals surface area (Å²) in [4.78, 5) is 23.0. The number of aromatic nitrogens is 5. The summed E-state index contributed by atoms with van der Waals surface area (Å²) >= 11 is 5.92. The second-order valence-electron chi connectivity index (χ2n) is 5.59. The van der Waals surface area contributed by atoms with E-state index in [0.29, 0.717) is 22.0 Å². The molecule has 2 aliphatic rings. The third-order valence-electron chi connectivity index (χ3n) is 3.97. The Labute approximate surface area is 148 Å². The van der Waals surface area contributed by atoms with Crippen LogP contribution in [0.1, 0.15) is 17.1 Å². The number of halogens is 1. The van der Waals surface area contributed by atoms with Gasteiger partial charge >= 0.3 is 0 Å². The predicted octanol–water partition coefficient (Wildman–Crippen LogP) is 3.52. The van der Waals surface area contributed by atoms with Crippen LogP contribution >= 0.6 is 11.6 Å². The van der Waals surface area contributed by atoms with E-state index < -0.39 is 0 Å². The second-order valence-corrected chi connectivity index (χ2v) is 6.03. The number of aryl methyl sites for hydroxylation is 1. The number of nitrogens with one attached hydrogen (secondary N) is 2. The Balaban J connectivity index is 1.87. The van der Waals surface area contributed by atoms with Crippen molar-refractivity contribution in [3.8, 4) is 16.9 Å². The molecule has 25 heavy (non-hydrogen) atoms. The molecule has 0 saturated heterocycles. The largest absolute Gasteiger partial charge is 0.364 e. The van der Waals surface area contributed by atoms with E-state index in [2.05, 4.69) is 20.1 Å². The van der Waals surface area contributed by atoms with Crippen LogP contribution in [0.4, 0.5) is 0 Å². The summed E-state index contributed by atoms with van der Waals surface area (Å²) < 4.78 is 1.39. The number of hydrogen-bond donors (Lipinski definition) is 2. The molecule has 2 N–H and O–H groups in total. The van der Waals surface area contributed by atoms with Gasteiger partial charge in [-0.25, -0.2) is 4.98 Å². The van der Waals surface area contributed by atoms with E-state index in [4.69, 9.17) is 11.6 Å². The van der Waals surface area contributed by atoms with Crippen molar-refractivity contribution in [2.75, 3.05) is 0 Å². The van der Waals surface area contributed by atoms with E-state index >= 15 is 0 Å². The average molecular weight is 352 g/mol. The van der Waals surface area contributed by atoms with Crippen LogP contribution in [0.15, 0.2) is 47.7 Å². The van der Waals surface area contributed by atoms with Crippen molar-refractivity contribution in [1.29, 1.82) is 0 Å². The molecule has 0 spiro atoms. The molecule has 0 atom stereocenters. The fraction of sp³-hybridized carbons (Fsp3) is 0.0556. The minimum Gasteiger partial charge on any atom is -0.364 e. The summed E-state index contributed by atoms with van der Waals surface area (Å²) in [6.07, 6.45) is 8.87. The maximum absolute atomic E-state index is 12.7. The van der Waals surface area contributed by atoms with Crippen LogP contribution in [0.25, 0.3) is 29.1 Å². The highest BCUT2D eigenvalue weighted by atomic mass is 35.5. The Morgan fingerprint density at radius 2 is 1.96 bits per heavy atom. The Morgan fingerprint density at radius 1 is 1.16 bits per heavy atom. The highest BCUT2D eigenvalue weighted by Crippen LogP contribution is 2.25. The molecule has 0 aliphatic carbocycles. The molecule has 0 saturated carbocycles. The fourth-order valence-corrected chi connectivity index (χ4v) is 2.80. The lowest BCUT2D eigenvalue weighted by atomic mass is 10.1. The molecule has 1 aromatic heterocycles. The number of nitrogens with zero attached hydrogens (tertiary/aromatic N) is 3. The van der Waals surface area contributed by atoms with E-state index in [1.165, 1.54) is 4.68 Å². The van der Waals surface area contributed by atoms with Crippen LogP contribution < -0.4 is 5.56 Å². The average Bonchev–Trinajstić information content (AvgIpc) is 3.23. The molecule has 2 aliphatic heterocycles. The van der Waals surface area contributed by atoms with Crippen LogP contribution in [0.3, 0.4) is 0 Å². The number of imidazole rings is 1. The highest BCUT2D eigenvalue weighted by Gasteiger charge is 2.20. The van der Waals surface area contributed by atoms with Gasteiger partial charge < -0.3 is 9.97 Å². The van der Waals surface area contributed by atoms with Crippen LogP contribution in [-0.2, 0) is 0 Å². The number of hydrogen-bond acceptors (Lipinski definition) is 3. The van der Waals surface area contributed by atoms with Gasteiger partial charge in [-0.15, -0.1) is 0 Å². The highest BCUT2D eigenvalue weighted by molar-refractivity contribution is 6.30. The lowest BCUT2D eigenvalue weighted by molar-refractivity contribution is 0.857. The fourth-order valence-electron chi connectivity index (χ4n) is 2.67. The Kier molecular flexibility index (Phi) is 3.74. The predicted molar refractivity (Wildman–Crippen MR) is 98.1 cm³/mol. The molecule has 3 heterocycles. The van der Waals surface area contributed by atoms with Crippen molar-refractivity contribution in [3.63, 3.8) is 0 Å². The Morgan fingerprint density at radius 3 is 2.68 bits per heavy atom. The number of aromatic amines is 2. The SMILES string of the molecule is Cc1[nH]cc2c(=O)n(-c3ccc(Cl)cc3)nc-2c1C=Cc1ncc[nH]1. The van der Waals surface area contributed by atoms with Crippen molar-refractivity contribution in [2.45, 2.75) is 6.92 Å². The van der Waals surface area contributed by atoms with E-state index in [1.807, 2.05) is 19.1 Å². The van der Waals surface area contributed by atoms with Gasteiger partial charge in [-0.05, 0) is 43.3 Å². The smallest absolute Gasteiger partial charge is 0.282 e. The molecule has 7 heteroatoms. The van der Waals surface area contributed by atoms with Gasteiger partial charge in [0, 0.05) is 34.9 Å². The molecule has 0 fully saturated rings. The number of rotatable bonds is 3. The van der Waals surface area contributed by atoms with Crippen LogP contribution in [0.2, 0.25) is 5.02 Å². The monoisotopic (exact) mass is 351 g/mol. The molecule has 124 valence electrons. The second kappa shape index (κ2) is 6.07. The lowest BCUT2D eigenvalue weighted by Crippen LogP contribution is -2.14. The minimum atomic E-state index is -0.179. The zero-order valence-corrected chi connectivity index (χ0v) is 14.1. The van der Waals surface area contributed by atoms with Crippen molar-refractivity contribution in [3.05, 3.63) is 75.3 Å². The number of fused-ring (bicyclic) bond motifs is 1. The van der Waals surface area contributed by atoms with Gasteiger partial charge in [-0.3, -0.25) is 4.79 Å². The molecular weight excluding hydrogens is 338 g/mol. The van der Waals surface area contributed by atoms with E-state index in [0.717, 1.165) is 17.1 Å². The third-order valence-corrected chi connectivity index (χ3v) is 4.22. The first-order valence-electron chi connectivity index (χ1n) is 7.68. The molecule has 0 amide bonds. The molecule has 0 bridgehead atoms. The van der Waals surface area contributed by atoms with Gasteiger partial charge in [-0.2, -0.15) is 9.78 Å². The topological polar surface area (TPSA) is 79.4 Å². The van der Waals surface area contributed by atoms with Gasteiger partial charge in [0.2, 0.25) is 0 Å². The zero-order chi connectivity index (χ0) is 17.4. The molecular formula is C18H14ClN5O. The summed E-state index contributed by atoms with van der Waals surface area (Å²) in [7, 11) is 0. The van der Waals surface area contributed by atoms with Crippen molar-refractivity contribution >= 4 is 23.8 Å². The number of H-pyrrole nitrogens is 2. The Bertz CT molecular complexity index is 1070. The number of benzene rings is 1. The third kappa shape index (κ3) is 2.77. The van der Waals surface area contributed by atoms with Crippen LogP contribution in [0, 0.1) is 6.92 Å². The minimum absolute atomic E-state index is 0.179. The molecule has 4 rings (SSSR count). The van der Waals surface area contributed by atoms with E-state index in [-0.39, 0.29) is 5.56 Å². The van der Waals surface area contributed by atoms with Crippen molar-refractivity contribution < 1.29 is 0 Å². The molecule has 2 aromatic rings. The summed E-state index contributed by atoms with van der Waals surface area (Å²) in [6.45, 7) is 1.94. The summed E-state index contributed by atoms with van der Waals surface area (Å²) in [5.41, 5.74) is 3.42. The van der Waals surface area contributed by atoms with Crippen LogP contribution in [0.5, 0.6) is 0 Å². The van der Waals surface area contributed by atoms with Crippen LogP contribution in [-0.4, -0.2) is 24.7 Å². The molecule has 6 nitrogen and oxygen atoms in total. The first-order valence-corrected chi connectivity index (χ1v) is 8.06. The molecule has 0 unspecified atom stereocenters. The molecule has 1 aromatic carbocycles. The summed E-state index contributed by atoms with van der Waals surface area (Å²) in [6, 6.07) is 7.00. The van der Waals surface area contributed by atoms with Crippen molar-refractivity contribution in [1.82, 2.24) is 24.7 Å². The molecule has 0 radical (unpaired) electrons. The quantitative estimate of drug-likeness (QED) is 0.592.